The van der Waals surface area contributed by atoms with Gasteiger partial charge in [-0.2, -0.15) is 0 Å². The van der Waals surface area contributed by atoms with E-state index in [-0.39, 0.29) is 6.04 Å². The predicted molar refractivity (Wildman–Crippen MR) is 72.2 cm³/mol. The Kier molecular flexibility index (Phi) is 2.87. The zero-order valence-electron chi connectivity index (χ0n) is 9.88. The Hall–Kier alpha value is -1.69. The fourth-order valence-electron chi connectivity index (χ4n) is 1.96. The summed E-state index contributed by atoms with van der Waals surface area (Å²) in [4.78, 5) is 5.30. The number of fused-ring (bicyclic) bond motifs is 1. The molecule has 0 saturated carbocycles. The number of aryl methyl sites for hydroxylation is 1. The summed E-state index contributed by atoms with van der Waals surface area (Å²) >= 11 is 1.61. The lowest BCUT2D eigenvalue weighted by molar-refractivity contribution is 0.481. The number of benzene rings is 1. The number of hydrazine groups is 1. The minimum Gasteiger partial charge on any atom is -0.459 e. The molecule has 1 aromatic carbocycles. The summed E-state index contributed by atoms with van der Waals surface area (Å²) in [6, 6.07) is 9.77. The zero-order valence-corrected chi connectivity index (χ0v) is 10.7. The van der Waals surface area contributed by atoms with E-state index in [1.807, 2.05) is 43.5 Å². The van der Waals surface area contributed by atoms with Crippen molar-refractivity contribution in [1.82, 2.24) is 10.4 Å². The first-order valence-electron chi connectivity index (χ1n) is 5.65. The van der Waals surface area contributed by atoms with E-state index in [9.17, 15) is 0 Å². The van der Waals surface area contributed by atoms with Gasteiger partial charge in [-0.1, -0.05) is 18.2 Å². The first-order valence-corrected chi connectivity index (χ1v) is 6.46. The number of nitrogens with one attached hydrogen (secondary N) is 1. The van der Waals surface area contributed by atoms with Crippen molar-refractivity contribution in [3.63, 3.8) is 0 Å². The molecule has 2 heterocycles. The summed E-state index contributed by atoms with van der Waals surface area (Å²) in [5.41, 5.74) is 3.66. The van der Waals surface area contributed by atoms with E-state index >= 15 is 0 Å². The summed E-state index contributed by atoms with van der Waals surface area (Å²) in [7, 11) is 0. The number of nitrogens with zero attached hydrogens (tertiary/aromatic N) is 1. The third-order valence-electron chi connectivity index (χ3n) is 2.82. The quantitative estimate of drug-likeness (QED) is 0.561. The van der Waals surface area contributed by atoms with Gasteiger partial charge >= 0.3 is 0 Å². The van der Waals surface area contributed by atoms with E-state index in [0.29, 0.717) is 0 Å². The minimum absolute atomic E-state index is 0.149. The van der Waals surface area contributed by atoms with Crippen LogP contribution < -0.4 is 11.3 Å². The number of hydrogen-bond acceptors (Lipinski definition) is 5. The van der Waals surface area contributed by atoms with Gasteiger partial charge in [-0.15, -0.1) is 11.3 Å². The number of thiazole rings is 1. The zero-order chi connectivity index (χ0) is 12.5. The maximum Gasteiger partial charge on any atom is 0.134 e. The molecule has 4 nitrogen and oxygen atoms in total. The van der Waals surface area contributed by atoms with Crippen molar-refractivity contribution in [3.8, 4) is 0 Å². The first-order chi connectivity index (χ1) is 8.78. The molecule has 18 heavy (non-hydrogen) atoms. The van der Waals surface area contributed by atoms with Crippen LogP contribution in [0.1, 0.15) is 21.7 Å². The Labute approximate surface area is 108 Å². The molecule has 3 aromatic rings. The van der Waals surface area contributed by atoms with Gasteiger partial charge in [0.2, 0.25) is 0 Å². The first kappa shape index (κ1) is 11.4. The van der Waals surface area contributed by atoms with Gasteiger partial charge in [-0.3, -0.25) is 5.84 Å². The van der Waals surface area contributed by atoms with Crippen LogP contribution in [-0.2, 0) is 0 Å². The predicted octanol–water partition coefficient (Wildman–Crippen LogP) is 2.75. The van der Waals surface area contributed by atoms with Gasteiger partial charge in [-0.05, 0) is 19.1 Å². The normalized spacial score (nSPS) is 13.0. The Morgan fingerprint density at radius 2 is 2.22 bits per heavy atom. The van der Waals surface area contributed by atoms with Gasteiger partial charge in [0.15, 0.2) is 0 Å². The molecule has 3 N–H and O–H groups in total. The Morgan fingerprint density at radius 3 is 2.89 bits per heavy atom. The maximum absolute atomic E-state index is 5.82. The van der Waals surface area contributed by atoms with E-state index in [2.05, 4.69) is 10.4 Å². The largest absolute Gasteiger partial charge is 0.459 e. The molecule has 0 bridgehead atoms. The van der Waals surface area contributed by atoms with Gasteiger partial charge in [0.05, 0.1) is 9.88 Å². The second-order valence-corrected chi connectivity index (χ2v) is 5.33. The van der Waals surface area contributed by atoms with Crippen LogP contribution in [-0.4, -0.2) is 4.98 Å². The summed E-state index contributed by atoms with van der Waals surface area (Å²) in [6.07, 6.45) is 1.83. The maximum atomic E-state index is 5.82. The van der Waals surface area contributed by atoms with Crippen molar-refractivity contribution in [1.29, 1.82) is 0 Å². The van der Waals surface area contributed by atoms with E-state index in [1.54, 1.807) is 11.3 Å². The summed E-state index contributed by atoms with van der Waals surface area (Å²) in [6.45, 7) is 1.97. The molecule has 5 heteroatoms. The van der Waals surface area contributed by atoms with Crippen molar-refractivity contribution in [2.45, 2.75) is 13.0 Å². The molecule has 2 aromatic heterocycles. The third-order valence-corrected chi connectivity index (χ3v) is 3.80. The van der Waals surface area contributed by atoms with E-state index in [4.69, 9.17) is 10.3 Å². The van der Waals surface area contributed by atoms with Crippen LogP contribution in [0.3, 0.4) is 0 Å². The number of furan rings is 1. The molecule has 3 rings (SSSR count). The highest BCUT2D eigenvalue weighted by Crippen LogP contribution is 2.30. The number of aromatic nitrogens is 1. The topological polar surface area (TPSA) is 64.1 Å². The molecule has 0 radical (unpaired) electrons. The molecule has 0 aliphatic heterocycles. The average molecular weight is 259 g/mol. The highest BCUT2D eigenvalue weighted by Gasteiger charge is 2.19. The molecule has 0 fully saturated rings. The lowest BCUT2D eigenvalue weighted by Crippen LogP contribution is -2.27. The monoisotopic (exact) mass is 259 g/mol. The van der Waals surface area contributed by atoms with Crippen molar-refractivity contribution >= 4 is 22.3 Å². The fourth-order valence-corrected chi connectivity index (χ4v) is 2.81. The summed E-state index contributed by atoms with van der Waals surface area (Å²) in [5, 5.41) is 2.09. The van der Waals surface area contributed by atoms with Gasteiger partial charge in [0.25, 0.3) is 0 Å². The smallest absolute Gasteiger partial charge is 0.134 e. The molecule has 0 amide bonds. The average Bonchev–Trinajstić information content (AvgIpc) is 2.96. The van der Waals surface area contributed by atoms with Crippen LogP contribution in [0.4, 0.5) is 0 Å². The Balaban J connectivity index is 2.05. The van der Waals surface area contributed by atoms with Crippen molar-refractivity contribution in [2.75, 3.05) is 0 Å². The lowest BCUT2D eigenvalue weighted by Gasteiger charge is -2.09. The standard InChI is InChI=1S/C13H13N3OS/c1-8-15-7-12(18-8)13(16-14)11-6-9-4-2-3-5-10(9)17-11/h2-7,13,16H,14H2,1H3. The molecule has 1 atom stereocenters. The third kappa shape index (κ3) is 1.92. The summed E-state index contributed by atoms with van der Waals surface area (Å²) in [5.74, 6) is 6.44. The van der Waals surface area contributed by atoms with Crippen molar-refractivity contribution in [3.05, 3.63) is 52.2 Å². The van der Waals surface area contributed by atoms with Gasteiger partial charge < -0.3 is 4.42 Å². The second-order valence-electron chi connectivity index (χ2n) is 4.07. The van der Waals surface area contributed by atoms with Crippen LogP contribution in [0.25, 0.3) is 11.0 Å². The number of hydrogen-bond donors (Lipinski definition) is 2. The Morgan fingerprint density at radius 1 is 1.39 bits per heavy atom. The number of nitrogens with two attached hydrogens (primary N) is 1. The van der Waals surface area contributed by atoms with Crippen LogP contribution in [0.5, 0.6) is 0 Å². The van der Waals surface area contributed by atoms with Crippen LogP contribution in [0, 0.1) is 6.92 Å². The Bertz CT molecular complexity index is 640. The number of rotatable bonds is 3. The fraction of sp³-hybridized carbons (Fsp3) is 0.154. The SMILES string of the molecule is Cc1ncc(C(NN)c2cc3ccccc3o2)s1. The highest BCUT2D eigenvalue weighted by molar-refractivity contribution is 7.11. The molecule has 0 aliphatic rings. The molecular formula is C13H13N3OS. The van der Waals surface area contributed by atoms with Crippen LogP contribution >= 0.6 is 11.3 Å². The molecular weight excluding hydrogens is 246 g/mol. The van der Waals surface area contributed by atoms with Crippen molar-refractivity contribution in [2.24, 2.45) is 5.84 Å². The van der Waals surface area contributed by atoms with Crippen LogP contribution in [0.15, 0.2) is 40.9 Å². The molecule has 1 unspecified atom stereocenters. The van der Waals surface area contributed by atoms with Gasteiger partial charge in [0.1, 0.15) is 17.4 Å². The van der Waals surface area contributed by atoms with Crippen molar-refractivity contribution < 1.29 is 4.42 Å². The number of para-hydroxylation sites is 1. The molecule has 0 saturated heterocycles. The summed E-state index contributed by atoms with van der Waals surface area (Å²) < 4.78 is 5.82. The molecule has 0 aliphatic carbocycles. The van der Waals surface area contributed by atoms with Crippen LogP contribution in [0.2, 0.25) is 0 Å². The van der Waals surface area contributed by atoms with Gasteiger partial charge in [-0.25, -0.2) is 10.4 Å². The highest BCUT2D eigenvalue weighted by atomic mass is 32.1. The van der Waals surface area contributed by atoms with E-state index in [1.165, 1.54) is 0 Å². The minimum atomic E-state index is -0.149. The lowest BCUT2D eigenvalue weighted by atomic mass is 10.2. The van der Waals surface area contributed by atoms with E-state index < -0.39 is 0 Å². The van der Waals surface area contributed by atoms with E-state index in [0.717, 1.165) is 26.6 Å². The molecule has 0 spiro atoms. The second kappa shape index (κ2) is 4.53. The molecule has 92 valence electrons. The van der Waals surface area contributed by atoms with Gasteiger partial charge in [0, 0.05) is 11.6 Å².